The standard InChI is InChI=1S/C17H24N4OS/c1-11(22)10-20-6-8-21(9-7-20)16-15-13-4-3-5-14(13)23-17(15)19-12(2)18-16/h11,22H,3-10H2,1-2H3. The van der Waals surface area contributed by atoms with Gasteiger partial charge in [-0.15, -0.1) is 11.3 Å². The molecule has 4 rings (SSSR count). The molecule has 0 radical (unpaired) electrons. The lowest BCUT2D eigenvalue weighted by molar-refractivity contribution is 0.122. The van der Waals surface area contributed by atoms with E-state index in [2.05, 4.69) is 14.8 Å². The maximum atomic E-state index is 9.57. The fraction of sp³-hybridized carbons (Fsp3) is 0.647. The van der Waals surface area contributed by atoms with Crippen molar-refractivity contribution >= 4 is 27.4 Å². The number of β-amino-alcohol motifs (C(OH)–C–C–N with tert-alkyl or cyclic N) is 1. The third-order valence-corrected chi connectivity index (χ3v) is 6.04. The number of anilines is 1. The molecular formula is C17H24N4OS. The zero-order chi connectivity index (χ0) is 16.0. The van der Waals surface area contributed by atoms with Crippen LogP contribution < -0.4 is 4.90 Å². The van der Waals surface area contributed by atoms with Gasteiger partial charge >= 0.3 is 0 Å². The topological polar surface area (TPSA) is 52.5 Å². The molecule has 3 heterocycles. The van der Waals surface area contributed by atoms with Crippen LogP contribution in [0.1, 0.15) is 29.6 Å². The number of hydrogen-bond acceptors (Lipinski definition) is 6. The van der Waals surface area contributed by atoms with E-state index in [9.17, 15) is 5.11 Å². The number of nitrogens with zero attached hydrogens (tertiary/aromatic N) is 4. The number of piperazine rings is 1. The van der Waals surface area contributed by atoms with Gasteiger partial charge in [0, 0.05) is 37.6 Å². The molecular weight excluding hydrogens is 308 g/mol. The second-order valence-electron chi connectivity index (χ2n) is 6.77. The molecule has 1 unspecified atom stereocenters. The van der Waals surface area contributed by atoms with Gasteiger partial charge in [-0.05, 0) is 38.7 Å². The second-order valence-corrected chi connectivity index (χ2v) is 7.85. The van der Waals surface area contributed by atoms with Crippen molar-refractivity contribution in [2.75, 3.05) is 37.6 Å². The Kier molecular flexibility index (Phi) is 3.99. The van der Waals surface area contributed by atoms with Gasteiger partial charge in [0.1, 0.15) is 16.5 Å². The van der Waals surface area contributed by atoms with Crippen LogP contribution in [0.4, 0.5) is 5.82 Å². The maximum absolute atomic E-state index is 9.57. The summed E-state index contributed by atoms with van der Waals surface area (Å²) in [5.74, 6) is 2.02. The predicted octanol–water partition coefficient (Wildman–Crippen LogP) is 1.99. The van der Waals surface area contributed by atoms with Gasteiger partial charge < -0.3 is 10.0 Å². The van der Waals surface area contributed by atoms with E-state index in [0.717, 1.165) is 44.4 Å². The van der Waals surface area contributed by atoms with Gasteiger partial charge in [0.05, 0.1) is 11.5 Å². The number of thiophene rings is 1. The summed E-state index contributed by atoms with van der Waals surface area (Å²) in [6.07, 6.45) is 3.40. The van der Waals surface area contributed by atoms with Crippen molar-refractivity contribution in [1.82, 2.24) is 14.9 Å². The predicted molar refractivity (Wildman–Crippen MR) is 94.5 cm³/mol. The van der Waals surface area contributed by atoms with Crippen LogP contribution in [0, 0.1) is 6.92 Å². The van der Waals surface area contributed by atoms with Crippen LogP contribution >= 0.6 is 11.3 Å². The summed E-state index contributed by atoms with van der Waals surface area (Å²) < 4.78 is 0. The van der Waals surface area contributed by atoms with Crippen LogP contribution in [0.15, 0.2) is 0 Å². The summed E-state index contributed by atoms with van der Waals surface area (Å²) in [6.45, 7) is 8.55. The van der Waals surface area contributed by atoms with Gasteiger partial charge in [-0.2, -0.15) is 0 Å². The average Bonchev–Trinajstić information content (AvgIpc) is 3.06. The Hall–Kier alpha value is -1.24. The molecule has 2 aliphatic rings. The number of aliphatic hydroxyl groups excluding tert-OH is 1. The molecule has 2 aromatic heterocycles. The number of aliphatic hydroxyl groups is 1. The Bertz CT molecular complexity index is 719. The molecule has 1 atom stereocenters. The number of fused-ring (bicyclic) bond motifs is 3. The monoisotopic (exact) mass is 332 g/mol. The maximum Gasteiger partial charge on any atom is 0.141 e. The molecule has 6 heteroatoms. The largest absolute Gasteiger partial charge is 0.392 e. The van der Waals surface area contributed by atoms with Crippen LogP contribution in [0.3, 0.4) is 0 Å². The number of aromatic nitrogens is 2. The summed E-state index contributed by atoms with van der Waals surface area (Å²) in [6, 6.07) is 0. The first-order valence-corrected chi connectivity index (χ1v) is 9.37. The minimum Gasteiger partial charge on any atom is -0.392 e. The van der Waals surface area contributed by atoms with E-state index in [1.54, 1.807) is 0 Å². The Morgan fingerprint density at radius 1 is 1.17 bits per heavy atom. The number of hydrogen-bond donors (Lipinski definition) is 1. The lowest BCUT2D eigenvalue weighted by Crippen LogP contribution is -2.48. The van der Waals surface area contributed by atoms with Crippen molar-refractivity contribution in [3.8, 4) is 0 Å². The van der Waals surface area contributed by atoms with Crippen molar-refractivity contribution in [3.63, 3.8) is 0 Å². The molecule has 124 valence electrons. The van der Waals surface area contributed by atoms with E-state index >= 15 is 0 Å². The molecule has 0 amide bonds. The van der Waals surface area contributed by atoms with E-state index in [1.807, 2.05) is 25.2 Å². The smallest absolute Gasteiger partial charge is 0.141 e. The van der Waals surface area contributed by atoms with Crippen LogP contribution in [0.5, 0.6) is 0 Å². The lowest BCUT2D eigenvalue weighted by atomic mass is 10.1. The zero-order valence-corrected chi connectivity index (χ0v) is 14.7. The molecule has 0 saturated carbocycles. The van der Waals surface area contributed by atoms with Crippen molar-refractivity contribution < 1.29 is 5.11 Å². The Morgan fingerprint density at radius 3 is 2.70 bits per heavy atom. The van der Waals surface area contributed by atoms with Gasteiger partial charge in [-0.25, -0.2) is 9.97 Å². The molecule has 1 N–H and O–H groups in total. The van der Waals surface area contributed by atoms with Gasteiger partial charge in [-0.1, -0.05) is 0 Å². The van der Waals surface area contributed by atoms with E-state index < -0.39 is 0 Å². The van der Waals surface area contributed by atoms with E-state index in [0.29, 0.717) is 0 Å². The minimum absolute atomic E-state index is 0.255. The van der Waals surface area contributed by atoms with Gasteiger partial charge in [0.25, 0.3) is 0 Å². The first kappa shape index (κ1) is 15.3. The Balaban J connectivity index is 1.64. The average molecular weight is 332 g/mol. The van der Waals surface area contributed by atoms with Crippen molar-refractivity contribution in [1.29, 1.82) is 0 Å². The van der Waals surface area contributed by atoms with E-state index in [1.165, 1.54) is 39.9 Å². The van der Waals surface area contributed by atoms with Crippen LogP contribution in [-0.4, -0.2) is 58.8 Å². The molecule has 5 nitrogen and oxygen atoms in total. The summed E-state index contributed by atoms with van der Waals surface area (Å²) in [5, 5.41) is 10.9. The van der Waals surface area contributed by atoms with Crippen LogP contribution in [0.25, 0.3) is 10.2 Å². The summed E-state index contributed by atoms with van der Waals surface area (Å²) in [4.78, 5) is 16.9. The molecule has 1 aliphatic carbocycles. The number of rotatable bonds is 3. The fourth-order valence-corrected chi connectivity index (χ4v) is 5.13. The van der Waals surface area contributed by atoms with Gasteiger partial charge in [0.2, 0.25) is 0 Å². The first-order chi connectivity index (χ1) is 11.1. The third-order valence-electron chi connectivity index (χ3n) is 4.85. The highest BCUT2D eigenvalue weighted by molar-refractivity contribution is 7.19. The Morgan fingerprint density at radius 2 is 1.96 bits per heavy atom. The minimum atomic E-state index is -0.255. The molecule has 0 spiro atoms. The Labute approximate surface area is 141 Å². The van der Waals surface area contributed by atoms with Crippen molar-refractivity contribution in [2.45, 2.75) is 39.2 Å². The van der Waals surface area contributed by atoms with Gasteiger partial charge in [-0.3, -0.25) is 4.90 Å². The zero-order valence-electron chi connectivity index (χ0n) is 13.9. The highest BCUT2D eigenvalue weighted by atomic mass is 32.1. The fourth-order valence-electron chi connectivity index (χ4n) is 3.83. The molecule has 1 aliphatic heterocycles. The van der Waals surface area contributed by atoms with Crippen LogP contribution in [0.2, 0.25) is 0 Å². The van der Waals surface area contributed by atoms with E-state index in [-0.39, 0.29) is 6.10 Å². The highest BCUT2D eigenvalue weighted by Crippen LogP contribution is 2.40. The number of aryl methyl sites for hydroxylation is 3. The quantitative estimate of drug-likeness (QED) is 0.932. The molecule has 0 aromatic carbocycles. The summed E-state index contributed by atoms with van der Waals surface area (Å²) in [5.41, 5.74) is 1.51. The SMILES string of the molecule is Cc1nc(N2CCN(CC(C)O)CC2)c2c3c(sc2n1)CCC3. The van der Waals surface area contributed by atoms with Crippen LogP contribution in [-0.2, 0) is 12.8 Å². The summed E-state index contributed by atoms with van der Waals surface area (Å²) in [7, 11) is 0. The summed E-state index contributed by atoms with van der Waals surface area (Å²) >= 11 is 1.87. The molecule has 1 saturated heterocycles. The first-order valence-electron chi connectivity index (χ1n) is 8.56. The molecule has 2 aromatic rings. The van der Waals surface area contributed by atoms with Crippen molar-refractivity contribution in [3.05, 3.63) is 16.3 Å². The molecule has 0 bridgehead atoms. The van der Waals surface area contributed by atoms with E-state index in [4.69, 9.17) is 4.98 Å². The third kappa shape index (κ3) is 2.84. The second kappa shape index (κ2) is 6.00. The highest BCUT2D eigenvalue weighted by Gasteiger charge is 2.26. The van der Waals surface area contributed by atoms with Gasteiger partial charge in [0.15, 0.2) is 0 Å². The van der Waals surface area contributed by atoms with Crippen molar-refractivity contribution in [2.24, 2.45) is 0 Å². The molecule has 1 fully saturated rings. The lowest BCUT2D eigenvalue weighted by Gasteiger charge is -2.36. The molecule has 23 heavy (non-hydrogen) atoms. The normalized spacial score (nSPS) is 20.2.